The van der Waals surface area contributed by atoms with Crippen LogP contribution in [-0.4, -0.2) is 9.97 Å². The Morgan fingerprint density at radius 1 is 1.06 bits per heavy atom. The summed E-state index contributed by atoms with van der Waals surface area (Å²) in [5, 5.41) is 0. The van der Waals surface area contributed by atoms with Crippen molar-refractivity contribution < 1.29 is 4.42 Å². The third kappa shape index (κ3) is 1.68. The molecule has 0 aliphatic rings. The molecule has 1 atom stereocenters. The predicted molar refractivity (Wildman–Crippen MR) is 64.3 cm³/mol. The van der Waals surface area contributed by atoms with Gasteiger partial charge in [-0.2, -0.15) is 0 Å². The van der Waals surface area contributed by atoms with Gasteiger partial charge in [-0.05, 0) is 18.2 Å². The van der Waals surface area contributed by atoms with Crippen molar-refractivity contribution in [2.45, 2.75) is 6.04 Å². The lowest BCUT2D eigenvalue weighted by Crippen LogP contribution is -2.11. The van der Waals surface area contributed by atoms with Crippen molar-refractivity contribution in [3.05, 3.63) is 60.3 Å². The van der Waals surface area contributed by atoms with E-state index in [4.69, 9.17) is 10.2 Å². The summed E-state index contributed by atoms with van der Waals surface area (Å²) in [6, 6.07) is 9.16. The van der Waals surface area contributed by atoms with E-state index in [0.717, 1.165) is 22.4 Å². The first-order valence-corrected chi connectivity index (χ1v) is 5.35. The summed E-state index contributed by atoms with van der Waals surface area (Å²) >= 11 is 0. The van der Waals surface area contributed by atoms with Crippen molar-refractivity contribution in [2.24, 2.45) is 5.73 Å². The molecule has 17 heavy (non-hydrogen) atoms. The summed E-state index contributed by atoms with van der Waals surface area (Å²) in [7, 11) is 0. The van der Waals surface area contributed by atoms with Gasteiger partial charge in [-0.1, -0.05) is 12.1 Å². The molecular formula is C13H11N3O. The molecule has 1 aromatic carbocycles. The van der Waals surface area contributed by atoms with E-state index in [1.807, 2.05) is 30.3 Å². The first-order chi connectivity index (χ1) is 8.36. The van der Waals surface area contributed by atoms with Crippen LogP contribution in [0.5, 0.6) is 0 Å². The van der Waals surface area contributed by atoms with E-state index >= 15 is 0 Å². The Morgan fingerprint density at radius 3 is 2.76 bits per heavy atom. The molecule has 3 aromatic rings. The number of benzene rings is 1. The van der Waals surface area contributed by atoms with Gasteiger partial charge in [0, 0.05) is 18.0 Å². The fraction of sp³-hybridized carbons (Fsp3) is 0.0769. The van der Waals surface area contributed by atoms with Gasteiger partial charge in [-0.25, -0.2) is 0 Å². The molecule has 2 heterocycles. The van der Waals surface area contributed by atoms with Crippen molar-refractivity contribution in [1.29, 1.82) is 0 Å². The second-order valence-corrected chi connectivity index (χ2v) is 3.76. The van der Waals surface area contributed by atoms with Crippen molar-refractivity contribution in [3.63, 3.8) is 0 Å². The van der Waals surface area contributed by atoms with Crippen LogP contribution in [0.15, 0.2) is 53.4 Å². The zero-order chi connectivity index (χ0) is 11.7. The maximum atomic E-state index is 6.17. The van der Waals surface area contributed by atoms with Gasteiger partial charge in [0.1, 0.15) is 5.76 Å². The third-order valence-corrected chi connectivity index (χ3v) is 2.71. The van der Waals surface area contributed by atoms with Crippen LogP contribution in [0.1, 0.15) is 17.4 Å². The topological polar surface area (TPSA) is 64.9 Å². The number of fused-ring (bicyclic) bond motifs is 1. The molecular weight excluding hydrogens is 214 g/mol. The molecule has 0 amide bonds. The summed E-state index contributed by atoms with van der Waals surface area (Å²) in [6.45, 7) is 0. The average molecular weight is 225 g/mol. The Morgan fingerprint density at radius 2 is 1.94 bits per heavy atom. The Balaban J connectivity index is 2.17. The van der Waals surface area contributed by atoms with Crippen LogP contribution < -0.4 is 5.73 Å². The highest BCUT2D eigenvalue weighted by Crippen LogP contribution is 2.24. The van der Waals surface area contributed by atoms with Crippen LogP contribution in [0, 0.1) is 0 Å². The van der Waals surface area contributed by atoms with E-state index in [2.05, 4.69) is 9.97 Å². The zero-order valence-electron chi connectivity index (χ0n) is 9.08. The smallest absolute Gasteiger partial charge is 0.125 e. The van der Waals surface area contributed by atoms with Gasteiger partial charge in [-0.15, -0.1) is 0 Å². The van der Waals surface area contributed by atoms with Gasteiger partial charge >= 0.3 is 0 Å². The Kier molecular flexibility index (Phi) is 2.34. The van der Waals surface area contributed by atoms with Crippen LogP contribution in [-0.2, 0) is 0 Å². The summed E-state index contributed by atoms with van der Waals surface area (Å²) in [5.41, 5.74) is 8.75. The van der Waals surface area contributed by atoms with Crippen molar-refractivity contribution >= 4 is 11.0 Å². The summed E-state index contributed by atoms with van der Waals surface area (Å²) < 4.78 is 5.33. The lowest BCUT2D eigenvalue weighted by atomic mass is 10.0. The third-order valence-electron chi connectivity index (χ3n) is 2.71. The number of aromatic nitrogens is 2. The van der Waals surface area contributed by atoms with Crippen molar-refractivity contribution in [3.8, 4) is 0 Å². The SMILES string of the molecule is NC(c1ccco1)c1cccc2nccnc12. The normalized spacial score (nSPS) is 12.8. The molecule has 0 saturated heterocycles. The van der Waals surface area contributed by atoms with E-state index in [-0.39, 0.29) is 6.04 Å². The maximum Gasteiger partial charge on any atom is 0.125 e. The number of furan rings is 1. The second-order valence-electron chi connectivity index (χ2n) is 3.76. The predicted octanol–water partition coefficient (Wildman–Crippen LogP) is 2.27. The molecule has 0 saturated carbocycles. The molecule has 0 fully saturated rings. The van der Waals surface area contributed by atoms with Gasteiger partial charge in [0.15, 0.2) is 0 Å². The number of para-hydroxylation sites is 1. The fourth-order valence-electron chi connectivity index (χ4n) is 1.89. The molecule has 0 spiro atoms. The number of nitrogens with two attached hydrogens (primary N) is 1. The largest absolute Gasteiger partial charge is 0.467 e. The summed E-state index contributed by atoms with van der Waals surface area (Å²) in [5.74, 6) is 0.725. The molecule has 1 unspecified atom stereocenters. The second kappa shape index (κ2) is 3.99. The monoisotopic (exact) mass is 225 g/mol. The lowest BCUT2D eigenvalue weighted by Gasteiger charge is -2.10. The Bertz CT molecular complexity index is 629. The van der Waals surface area contributed by atoms with Gasteiger partial charge in [-0.3, -0.25) is 9.97 Å². The molecule has 0 radical (unpaired) electrons. The Labute approximate surface area is 98.1 Å². The number of nitrogens with zero attached hydrogens (tertiary/aromatic N) is 2. The van der Waals surface area contributed by atoms with E-state index in [1.54, 1.807) is 18.7 Å². The number of hydrogen-bond acceptors (Lipinski definition) is 4. The molecule has 3 rings (SSSR count). The average Bonchev–Trinajstić information content (AvgIpc) is 2.91. The first kappa shape index (κ1) is 9.99. The van der Waals surface area contributed by atoms with Crippen LogP contribution >= 0.6 is 0 Å². The molecule has 4 heteroatoms. The molecule has 4 nitrogen and oxygen atoms in total. The van der Waals surface area contributed by atoms with Gasteiger partial charge in [0.05, 0.1) is 23.3 Å². The maximum absolute atomic E-state index is 6.17. The first-order valence-electron chi connectivity index (χ1n) is 5.35. The fourth-order valence-corrected chi connectivity index (χ4v) is 1.89. The van der Waals surface area contributed by atoms with Crippen molar-refractivity contribution in [1.82, 2.24) is 9.97 Å². The Hall–Kier alpha value is -2.20. The summed E-state index contributed by atoms with van der Waals surface area (Å²) in [6.07, 6.45) is 4.96. The van der Waals surface area contributed by atoms with Crippen LogP contribution in [0.4, 0.5) is 0 Å². The van der Waals surface area contributed by atoms with E-state index in [0.29, 0.717) is 0 Å². The standard InChI is InChI=1S/C13H11N3O/c14-12(11-5-2-8-17-11)9-3-1-4-10-13(9)16-7-6-15-10/h1-8,12H,14H2. The van der Waals surface area contributed by atoms with Gasteiger partial charge in [0.2, 0.25) is 0 Å². The highest BCUT2D eigenvalue weighted by atomic mass is 16.3. The molecule has 0 bridgehead atoms. The van der Waals surface area contributed by atoms with Crippen LogP contribution in [0.3, 0.4) is 0 Å². The highest BCUT2D eigenvalue weighted by molar-refractivity contribution is 5.78. The minimum absolute atomic E-state index is 0.314. The van der Waals surface area contributed by atoms with Crippen molar-refractivity contribution in [2.75, 3.05) is 0 Å². The minimum Gasteiger partial charge on any atom is -0.467 e. The van der Waals surface area contributed by atoms with Gasteiger partial charge in [0.25, 0.3) is 0 Å². The number of rotatable bonds is 2. The van der Waals surface area contributed by atoms with E-state index in [1.165, 1.54) is 0 Å². The molecule has 0 aliphatic carbocycles. The van der Waals surface area contributed by atoms with Crippen LogP contribution in [0.2, 0.25) is 0 Å². The van der Waals surface area contributed by atoms with E-state index in [9.17, 15) is 0 Å². The molecule has 0 aliphatic heterocycles. The quantitative estimate of drug-likeness (QED) is 0.726. The number of hydrogen-bond donors (Lipinski definition) is 1. The lowest BCUT2D eigenvalue weighted by molar-refractivity contribution is 0.490. The molecule has 84 valence electrons. The molecule has 2 aromatic heterocycles. The summed E-state index contributed by atoms with van der Waals surface area (Å²) in [4.78, 5) is 8.58. The molecule has 2 N–H and O–H groups in total. The van der Waals surface area contributed by atoms with Gasteiger partial charge < -0.3 is 10.2 Å². The van der Waals surface area contributed by atoms with Crippen LogP contribution in [0.25, 0.3) is 11.0 Å². The zero-order valence-corrected chi connectivity index (χ0v) is 9.08. The van der Waals surface area contributed by atoms with E-state index < -0.39 is 0 Å². The highest BCUT2D eigenvalue weighted by Gasteiger charge is 2.15. The minimum atomic E-state index is -0.314.